The third-order valence-corrected chi connectivity index (χ3v) is 3.90. The van der Waals surface area contributed by atoms with Crippen molar-refractivity contribution in [2.45, 2.75) is 13.0 Å². The summed E-state index contributed by atoms with van der Waals surface area (Å²) in [7, 11) is 1.85. The van der Waals surface area contributed by atoms with Gasteiger partial charge in [-0.05, 0) is 25.1 Å². The Hall–Kier alpha value is -2.40. The summed E-state index contributed by atoms with van der Waals surface area (Å²) in [6.45, 7) is 1.90. The van der Waals surface area contributed by atoms with Crippen molar-refractivity contribution in [3.8, 4) is 0 Å². The minimum Gasteiger partial charge on any atom is -0.344 e. The van der Waals surface area contributed by atoms with Crippen LogP contribution in [0.5, 0.6) is 0 Å². The molecule has 2 heterocycles. The molecule has 0 radical (unpaired) electrons. The molecule has 0 spiro atoms. The third-order valence-electron chi connectivity index (χ3n) is 3.67. The van der Waals surface area contributed by atoms with Gasteiger partial charge in [0, 0.05) is 40.9 Å². The van der Waals surface area contributed by atoms with Crippen molar-refractivity contribution in [3.05, 3.63) is 59.3 Å². The lowest BCUT2D eigenvalue weighted by Crippen LogP contribution is -2.28. The molecule has 5 nitrogen and oxygen atoms in total. The SMILES string of the molecule is CC(NC(=O)c1cc2ccc(Cl)cc2n1C)c1cncnc1. The smallest absolute Gasteiger partial charge is 0.268 e. The number of hydrogen-bond donors (Lipinski definition) is 1. The first-order valence-electron chi connectivity index (χ1n) is 6.87. The number of aromatic nitrogens is 3. The van der Waals surface area contributed by atoms with Crippen molar-refractivity contribution in [1.82, 2.24) is 19.9 Å². The molecule has 0 aliphatic heterocycles. The van der Waals surface area contributed by atoms with E-state index in [0.29, 0.717) is 10.7 Å². The van der Waals surface area contributed by atoms with E-state index in [2.05, 4.69) is 15.3 Å². The van der Waals surface area contributed by atoms with Crippen molar-refractivity contribution >= 4 is 28.4 Å². The molecule has 1 unspecified atom stereocenters. The summed E-state index contributed by atoms with van der Waals surface area (Å²) < 4.78 is 1.84. The number of rotatable bonds is 3. The van der Waals surface area contributed by atoms with Crippen LogP contribution >= 0.6 is 11.6 Å². The second-order valence-electron chi connectivity index (χ2n) is 5.16. The fourth-order valence-electron chi connectivity index (χ4n) is 2.41. The molecule has 3 rings (SSSR count). The van der Waals surface area contributed by atoms with Gasteiger partial charge in [-0.15, -0.1) is 0 Å². The van der Waals surface area contributed by atoms with Crippen LogP contribution in [-0.2, 0) is 7.05 Å². The monoisotopic (exact) mass is 314 g/mol. The quantitative estimate of drug-likeness (QED) is 0.808. The molecule has 6 heteroatoms. The second-order valence-corrected chi connectivity index (χ2v) is 5.60. The number of nitrogens with zero attached hydrogens (tertiary/aromatic N) is 3. The van der Waals surface area contributed by atoms with E-state index in [4.69, 9.17) is 11.6 Å². The predicted molar refractivity (Wildman–Crippen MR) is 85.8 cm³/mol. The van der Waals surface area contributed by atoms with Gasteiger partial charge in [0.25, 0.3) is 5.91 Å². The first-order chi connectivity index (χ1) is 10.6. The highest BCUT2D eigenvalue weighted by atomic mass is 35.5. The van der Waals surface area contributed by atoms with Crippen molar-refractivity contribution in [1.29, 1.82) is 0 Å². The largest absolute Gasteiger partial charge is 0.344 e. The number of nitrogens with one attached hydrogen (secondary N) is 1. The van der Waals surface area contributed by atoms with Gasteiger partial charge in [-0.1, -0.05) is 17.7 Å². The standard InChI is InChI=1S/C16H15ClN4O/c1-10(12-7-18-9-19-8-12)20-16(22)15-5-11-3-4-13(17)6-14(11)21(15)2/h3-10H,1-2H3,(H,20,22). The number of hydrogen-bond acceptors (Lipinski definition) is 3. The van der Waals surface area contributed by atoms with Gasteiger partial charge >= 0.3 is 0 Å². The van der Waals surface area contributed by atoms with E-state index >= 15 is 0 Å². The van der Waals surface area contributed by atoms with Crippen molar-refractivity contribution < 1.29 is 4.79 Å². The van der Waals surface area contributed by atoms with Gasteiger partial charge in [0.2, 0.25) is 0 Å². The number of fused-ring (bicyclic) bond motifs is 1. The highest BCUT2D eigenvalue weighted by Gasteiger charge is 2.16. The lowest BCUT2D eigenvalue weighted by molar-refractivity contribution is 0.0932. The Labute approximate surface area is 133 Å². The van der Waals surface area contributed by atoms with Crippen LogP contribution in [0.4, 0.5) is 0 Å². The number of carbonyl (C=O) groups excluding carboxylic acids is 1. The Morgan fingerprint density at radius 1 is 1.27 bits per heavy atom. The number of amides is 1. The zero-order valence-corrected chi connectivity index (χ0v) is 13.0. The van der Waals surface area contributed by atoms with Crippen molar-refractivity contribution in [2.75, 3.05) is 0 Å². The zero-order valence-electron chi connectivity index (χ0n) is 12.2. The minimum absolute atomic E-state index is 0.147. The molecule has 112 valence electrons. The minimum atomic E-state index is -0.171. The molecule has 1 aromatic carbocycles. The molecular formula is C16H15ClN4O. The lowest BCUT2D eigenvalue weighted by Gasteiger charge is -2.13. The van der Waals surface area contributed by atoms with Crippen LogP contribution in [0.15, 0.2) is 43.0 Å². The molecule has 0 saturated heterocycles. The summed E-state index contributed by atoms with van der Waals surface area (Å²) >= 11 is 6.02. The maximum atomic E-state index is 12.5. The average molecular weight is 315 g/mol. The summed E-state index contributed by atoms with van der Waals surface area (Å²) in [5.41, 5.74) is 2.37. The fourth-order valence-corrected chi connectivity index (χ4v) is 2.58. The molecule has 0 aliphatic carbocycles. The van der Waals surface area contributed by atoms with Gasteiger partial charge in [0.05, 0.1) is 6.04 Å². The number of benzene rings is 1. The Morgan fingerprint density at radius 3 is 2.73 bits per heavy atom. The molecule has 0 bridgehead atoms. The highest BCUT2D eigenvalue weighted by Crippen LogP contribution is 2.23. The van der Waals surface area contributed by atoms with E-state index in [1.807, 2.05) is 42.8 Å². The van der Waals surface area contributed by atoms with Gasteiger partial charge in [-0.3, -0.25) is 4.79 Å². The number of aryl methyl sites for hydroxylation is 1. The van der Waals surface area contributed by atoms with E-state index in [1.54, 1.807) is 12.4 Å². The molecule has 1 N–H and O–H groups in total. The summed E-state index contributed by atoms with van der Waals surface area (Å²) in [5.74, 6) is -0.147. The molecule has 1 amide bonds. The lowest BCUT2D eigenvalue weighted by atomic mass is 10.2. The highest BCUT2D eigenvalue weighted by molar-refractivity contribution is 6.31. The normalized spacial score (nSPS) is 12.3. The Kier molecular flexibility index (Phi) is 3.81. The first kappa shape index (κ1) is 14.5. The topological polar surface area (TPSA) is 59.8 Å². The van der Waals surface area contributed by atoms with Crippen LogP contribution in [0.25, 0.3) is 10.9 Å². The Bertz CT molecular complexity index is 829. The zero-order chi connectivity index (χ0) is 15.7. The van der Waals surface area contributed by atoms with Crippen LogP contribution in [0.3, 0.4) is 0 Å². The number of halogens is 1. The first-order valence-corrected chi connectivity index (χ1v) is 7.25. The summed E-state index contributed by atoms with van der Waals surface area (Å²) in [4.78, 5) is 20.4. The third kappa shape index (κ3) is 2.67. The van der Waals surface area contributed by atoms with Crippen LogP contribution in [-0.4, -0.2) is 20.4 Å². The van der Waals surface area contributed by atoms with Gasteiger partial charge in [0.15, 0.2) is 0 Å². The van der Waals surface area contributed by atoms with Crippen LogP contribution in [0.2, 0.25) is 5.02 Å². The second kappa shape index (κ2) is 5.77. The van der Waals surface area contributed by atoms with Crippen molar-refractivity contribution in [3.63, 3.8) is 0 Å². The van der Waals surface area contributed by atoms with Gasteiger partial charge in [-0.25, -0.2) is 9.97 Å². The van der Waals surface area contributed by atoms with Crippen LogP contribution in [0, 0.1) is 0 Å². The van der Waals surface area contributed by atoms with Crippen molar-refractivity contribution in [2.24, 2.45) is 7.05 Å². The molecule has 1 atom stereocenters. The molecule has 0 fully saturated rings. The predicted octanol–water partition coefficient (Wildman–Crippen LogP) is 3.11. The van der Waals surface area contributed by atoms with Crippen LogP contribution < -0.4 is 5.32 Å². The summed E-state index contributed by atoms with van der Waals surface area (Å²) in [6, 6.07) is 7.26. The Balaban J connectivity index is 1.88. The summed E-state index contributed by atoms with van der Waals surface area (Å²) in [6.07, 6.45) is 4.85. The van der Waals surface area contributed by atoms with Gasteiger partial charge in [0.1, 0.15) is 12.0 Å². The molecule has 22 heavy (non-hydrogen) atoms. The van der Waals surface area contributed by atoms with E-state index in [1.165, 1.54) is 6.33 Å². The van der Waals surface area contributed by atoms with Gasteiger partial charge in [-0.2, -0.15) is 0 Å². The summed E-state index contributed by atoms with van der Waals surface area (Å²) in [5, 5.41) is 4.58. The molecule has 3 aromatic rings. The maximum Gasteiger partial charge on any atom is 0.268 e. The molecule has 0 aliphatic rings. The van der Waals surface area contributed by atoms with E-state index in [-0.39, 0.29) is 11.9 Å². The molecule has 0 saturated carbocycles. The molecular weight excluding hydrogens is 300 g/mol. The fraction of sp³-hybridized carbons (Fsp3) is 0.188. The van der Waals surface area contributed by atoms with Gasteiger partial charge < -0.3 is 9.88 Å². The van der Waals surface area contributed by atoms with E-state index in [9.17, 15) is 4.79 Å². The Morgan fingerprint density at radius 2 is 2.00 bits per heavy atom. The average Bonchev–Trinajstić information content (AvgIpc) is 2.85. The van der Waals surface area contributed by atoms with Crippen LogP contribution in [0.1, 0.15) is 29.0 Å². The van der Waals surface area contributed by atoms with E-state index < -0.39 is 0 Å². The maximum absolute atomic E-state index is 12.5. The molecule has 2 aromatic heterocycles. The van der Waals surface area contributed by atoms with E-state index in [0.717, 1.165) is 16.5 Å². The number of carbonyl (C=O) groups is 1.